The highest BCUT2D eigenvalue weighted by atomic mass is 31.2. The summed E-state index contributed by atoms with van der Waals surface area (Å²) in [7, 11) is -5.06. The first kappa shape index (κ1) is 45.9. The molecule has 0 saturated carbocycles. The van der Waals surface area contributed by atoms with Gasteiger partial charge in [0.25, 0.3) is 0 Å². The van der Waals surface area contributed by atoms with Crippen molar-refractivity contribution in [2.45, 2.75) is 192 Å². The highest BCUT2D eigenvalue weighted by Crippen LogP contribution is 2.45. The number of esters is 2. The molecule has 0 aliphatic heterocycles. The third-order valence-electron chi connectivity index (χ3n) is 8.42. The zero-order chi connectivity index (χ0) is 37.5. The Labute approximate surface area is 297 Å². The average Bonchev–Trinajstić information content (AvgIpc) is 3.09. The minimum Gasteiger partial charge on any atom is -0.462 e. The molecule has 2 unspecified atom stereocenters. The molecule has 292 valence electrons. The van der Waals surface area contributed by atoms with E-state index in [4.69, 9.17) is 25.0 Å². The fourth-order valence-corrected chi connectivity index (χ4v) is 6.27. The van der Waals surface area contributed by atoms with Gasteiger partial charge in [-0.2, -0.15) is 0 Å². The van der Waals surface area contributed by atoms with Gasteiger partial charge in [0, 0.05) is 12.8 Å². The van der Waals surface area contributed by atoms with E-state index in [1.165, 1.54) is 83.5 Å². The fraction of sp³-hybridized carbons (Fsp3) is 0.944. The standard InChI is InChI=1S/C36H71O12P/c1-3-5-7-9-11-13-14-15-16-18-19-21-23-25-34(40)45-29-31(47-35(41)26-24-22-20-17-12-10-8-6-4-2)30-46-49(43,44)48-33(28-38)36(42)32(39)27-37/h31-33,36-39,42H,3-30H2,1-2H3,(H,43,44)/t31-,32-,33-,36+/m1/s1/i29D/t29?,31-,32-,33-,36+. The first-order valence-electron chi connectivity index (χ1n) is 19.6. The lowest BCUT2D eigenvalue weighted by Crippen LogP contribution is -2.42. The van der Waals surface area contributed by atoms with E-state index in [2.05, 4.69) is 13.8 Å². The van der Waals surface area contributed by atoms with Crippen LogP contribution in [0.5, 0.6) is 0 Å². The molecular weight excluding hydrogens is 655 g/mol. The molecule has 5 N–H and O–H groups in total. The van der Waals surface area contributed by atoms with Crippen molar-refractivity contribution in [1.29, 1.82) is 0 Å². The van der Waals surface area contributed by atoms with Crippen LogP contribution in [0, 0.1) is 0 Å². The molecule has 0 bridgehead atoms. The summed E-state index contributed by atoms with van der Waals surface area (Å²) < 4.78 is 41.1. The first-order valence-corrected chi connectivity index (χ1v) is 20.6. The lowest BCUT2D eigenvalue weighted by atomic mass is 10.0. The number of carbonyl (C=O) groups is 2. The van der Waals surface area contributed by atoms with E-state index in [-0.39, 0.29) is 12.8 Å². The molecule has 0 aromatic carbocycles. The second-order valence-electron chi connectivity index (χ2n) is 13.1. The molecule has 12 nitrogen and oxygen atoms in total. The van der Waals surface area contributed by atoms with Crippen LogP contribution in [-0.2, 0) is 32.7 Å². The van der Waals surface area contributed by atoms with Gasteiger partial charge in [0.1, 0.15) is 24.9 Å². The van der Waals surface area contributed by atoms with Gasteiger partial charge in [-0.3, -0.25) is 18.6 Å². The van der Waals surface area contributed by atoms with Crippen molar-refractivity contribution in [1.82, 2.24) is 0 Å². The number of aliphatic hydroxyl groups is 4. The summed E-state index contributed by atoms with van der Waals surface area (Å²) in [6.07, 6.45) is 17.4. The lowest BCUT2D eigenvalue weighted by molar-refractivity contribution is -0.161. The summed E-state index contributed by atoms with van der Waals surface area (Å²) in [5.74, 6) is -1.35. The van der Waals surface area contributed by atoms with E-state index < -0.39 is 70.6 Å². The predicted molar refractivity (Wildman–Crippen MR) is 190 cm³/mol. The van der Waals surface area contributed by atoms with Crippen molar-refractivity contribution in [3.8, 4) is 0 Å². The Morgan fingerprint density at radius 3 is 1.47 bits per heavy atom. The molecule has 0 aromatic heterocycles. The molecule has 0 spiro atoms. The Bertz CT molecular complexity index is 867. The molecule has 0 fully saturated rings. The number of ether oxygens (including phenoxy) is 2. The number of phosphoric ester groups is 1. The summed E-state index contributed by atoms with van der Waals surface area (Å²) in [5.41, 5.74) is 0. The van der Waals surface area contributed by atoms with E-state index in [0.29, 0.717) is 12.8 Å². The molecular formula is C36H71O12P. The SMILES string of the molecule is [2H]C(OC(=O)CCCCCCCCCCCCCCC)[C@H](COP(=O)(O)O[C@H](CO)[C@@H](O)[C@H](O)CO)OC(=O)CCCCCCCCCCC. The van der Waals surface area contributed by atoms with Gasteiger partial charge < -0.3 is 34.8 Å². The molecule has 0 saturated heterocycles. The minimum absolute atomic E-state index is 0.0388. The fourth-order valence-electron chi connectivity index (χ4n) is 5.34. The largest absolute Gasteiger partial charge is 0.472 e. The van der Waals surface area contributed by atoms with Crippen LogP contribution in [-0.4, -0.2) is 88.1 Å². The number of rotatable bonds is 36. The van der Waals surface area contributed by atoms with Gasteiger partial charge in [-0.15, -0.1) is 0 Å². The summed E-state index contributed by atoms with van der Waals surface area (Å²) in [4.78, 5) is 35.3. The van der Waals surface area contributed by atoms with Crippen molar-refractivity contribution < 1.29 is 59.4 Å². The van der Waals surface area contributed by atoms with Crippen LogP contribution in [0.3, 0.4) is 0 Å². The third kappa shape index (κ3) is 29.2. The Balaban J connectivity index is 4.82. The maximum atomic E-state index is 12.6. The number of hydrogen-bond donors (Lipinski definition) is 5. The molecule has 0 aromatic rings. The van der Waals surface area contributed by atoms with Gasteiger partial charge in [-0.1, -0.05) is 142 Å². The van der Waals surface area contributed by atoms with Crippen molar-refractivity contribution in [2.75, 3.05) is 26.4 Å². The first-order chi connectivity index (χ1) is 24.0. The van der Waals surface area contributed by atoms with Crippen LogP contribution >= 0.6 is 7.82 Å². The second-order valence-corrected chi connectivity index (χ2v) is 14.5. The molecule has 0 aliphatic rings. The maximum Gasteiger partial charge on any atom is 0.472 e. The molecule has 13 heteroatoms. The topological polar surface area (TPSA) is 189 Å². The Kier molecular flexibility index (Phi) is 30.7. The van der Waals surface area contributed by atoms with Gasteiger partial charge in [0.05, 0.1) is 21.2 Å². The van der Waals surface area contributed by atoms with Gasteiger partial charge >= 0.3 is 19.8 Å². The van der Waals surface area contributed by atoms with Crippen molar-refractivity contribution in [3.63, 3.8) is 0 Å². The van der Waals surface area contributed by atoms with E-state index in [1.54, 1.807) is 0 Å². The Morgan fingerprint density at radius 2 is 1.06 bits per heavy atom. The number of unbranched alkanes of at least 4 members (excludes halogenated alkanes) is 20. The number of carbonyl (C=O) groups excluding carboxylic acids is 2. The minimum atomic E-state index is -5.06. The number of aliphatic hydroxyl groups excluding tert-OH is 4. The second kappa shape index (κ2) is 32.8. The van der Waals surface area contributed by atoms with Crippen molar-refractivity contribution >= 4 is 19.8 Å². The number of hydrogen-bond acceptors (Lipinski definition) is 11. The summed E-state index contributed by atoms with van der Waals surface area (Å²) in [6, 6.07) is 0. The van der Waals surface area contributed by atoms with Crippen LogP contribution in [0.1, 0.15) is 169 Å². The summed E-state index contributed by atoms with van der Waals surface area (Å²) >= 11 is 0. The molecule has 0 rings (SSSR count). The molecule has 0 amide bonds. The monoisotopic (exact) mass is 727 g/mol. The highest BCUT2D eigenvalue weighted by Gasteiger charge is 2.35. The normalized spacial score (nSPS) is 16.3. The van der Waals surface area contributed by atoms with Crippen LogP contribution in [0.25, 0.3) is 0 Å². The smallest absolute Gasteiger partial charge is 0.462 e. The van der Waals surface area contributed by atoms with Crippen LogP contribution in [0.15, 0.2) is 0 Å². The predicted octanol–water partition coefficient (Wildman–Crippen LogP) is 7.05. The summed E-state index contributed by atoms with van der Waals surface area (Å²) in [5, 5.41) is 38.0. The molecule has 49 heavy (non-hydrogen) atoms. The zero-order valence-corrected chi connectivity index (χ0v) is 31.4. The summed E-state index contributed by atoms with van der Waals surface area (Å²) in [6.45, 7) is -0.133. The zero-order valence-electron chi connectivity index (χ0n) is 31.5. The van der Waals surface area contributed by atoms with E-state index in [1.807, 2.05) is 0 Å². The van der Waals surface area contributed by atoms with E-state index in [9.17, 15) is 34.4 Å². The highest BCUT2D eigenvalue weighted by molar-refractivity contribution is 7.47. The Hall–Kier alpha value is -1.11. The average molecular weight is 728 g/mol. The van der Waals surface area contributed by atoms with Gasteiger partial charge in [0.2, 0.25) is 0 Å². The molecule has 0 aliphatic carbocycles. The quantitative estimate of drug-likeness (QED) is 0.0252. The van der Waals surface area contributed by atoms with Crippen molar-refractivity contribution in [2.24, 2.45) is 0 Å². The number of phosphoric acid groups is 1. The van der Waals surface area contributed by atoms with Crippen molar-refractivity contribution in [3.05, 3.63) is 0 Å². The molecule has 0 heterocycles. The van der Waals surface area contributed by atoms with Crippen LogP contribution in [0.4, 0.5) is 0 Å². The van der Waals surface area contributed by atoms with Gasteiger partial charge in [-0.05, 0) is 12.8 Å². The molecule has 6 atom stereocenters. The Morgan fingerprint density at radius 1 is 0.653 bits per heavy atom. The van der Waals surface area contributed by atoms with Crippen LogP contribution in [0.2, 0.25) is 0 Å². The van der Waals surface area contributed by atoms with E-state index >= 15 is 0 Å². The van der Waals surface area contributed by atoms with Gasteiger partial charge in [-0.25, -0.2) is 4.57 Å². The third-order valence-corrected chi connectivity index (χ3v) is 9.43. The maximum absolute atomic E-state index is 12.6. The van der Waals surface area contributed by atoms with Gasteiger partial charge in [0.15, 0.2) is 6.10 Å². The lowest BCUT2D eigenvalue weighted by Gasteiger charge is -2.26. The van der Waals surface area contributed by atoms with E-state index in [0.717, 1.165) is 44.9 Å². The molecule has 0 radical (unpaired) electrons. The van der Waals surface area contributed by atoms with Crippen LogP contribution < -0.4 is 0 Å².